The molecular formula is C5H8FeN2. The maximum atomic E-state index is 3.81. The van der Waals surface area contributed by atoms with Crippen molar-refractivity contribution in [3.8, 4) is 0 Å². The molecule has 3 heteroatoms. The van der Waals surface area contributed by atoms with E-state index in [9.17, 15) is 0 Å². The molecule has 1 aromatic rings. The first-order valence-electron chi connectivity index (χ1n) is 2.37. The van der Waals surface area contributed by atoms with E-state index >= 15 is 0 Å². The van der Waals surface area contributed by atoms with E-state index in [4.69, 9.17) is 0 Å². The molecule has 0 N–H and O–H groups in total. The van der Waals surface area contributed by atoms with Crippen molar-refractivity contribution in [3.05, 3.63) is 16.7 Å². The molecule has 0 radical (unpaired) electrons. The predicted molar refractivity (Wildman–Crippen MR) is 27.6 cm³/mol. The van der Waals surface area contributed by atoms with Gasteiger partial charge >= 0.3 is 55.5 Å². The second kappa shape index (κ2) is 1.92. The monoisotopic (exact) mass is 152 g/mol. The third-order valence-electron chi connectivity index (χ3n) is 1.08. The Morgan fingerprint density at radius 2 is 1.62 bits per heavy atom. The van der Waals surface area contributed by atoms with Gasteiger partial charge in [0.1, 0.15) is 0 Å². The average molecular weight is 152 g/mol. The molecule has 0 fully saturated rings. The van der Waals surface area contributed by atoms with E-state index in [1.165, 1.54) is 0 Å². The molecule has 0 amide bonds. The van der Waals surface area contributed by atoms with E-state index < -0.39 is 0 Å². The summed E-state index contributed by atoms with van der Waals surface area (Å²) in [6, 6.07) is 0. The predicted octanol–water partition coefficient (Wildman–Crippen LogP) is 0.442. The number of aromatic nitrogens is 2. The number of aryl methyl sites for hydroxylation is 2. The Labute approximate surface area is 56.1 Å². The topological polar surface area (TPSA) is 9.86 Å². The van der Waals surface area contributed by atoms with Crippen molar-refractivity contribution < 1.29 is 15.6 Å². The number of imidazole rings is 1. The van der Waals surface area contributed by atoms with Crippen molar-refractivity contribution in [3.63, 3.8) is 0 Å². The molecule has 0 aliphatic rings. The van der Waals surface area contributed by atoms with Crippen LogP contribution in [-0.4, -0.2) is 9.13 Å². The zero-order chi connectivity index (χ0) is 6.15. The van der Waals surface area contributed by atoms with E-state index in [0.717, 1.165) is 4.32 Å². The molecule has 1 heterocycles. The molecule has 0 aromatic carbocycles. The first-order valence-corrected chi connectivity index (χ1v) is 2.92. The van der Waals surface area contributed by atoms with E-state index in [1.54, 1.807) is 0 Å². The summed E-state index contributed by atoms with van der Waals surface area (Å²) in [5.41, 5.74) is 0. The molecule has 0 saturated carbocycles. The number of hydrogen-bond donors (Lipinski definition) is 0. The molecule has 0 atom stereocenters. The second-order valence-corrected chi connectivity index (χ2v) is 2.27. The van der Waals surface area contributed by atoms with Crippen LogP contribution in [0.1, 0.15) is 0 Å². The van der Waals surface area contributed by atoms with Crippen LogP contribution < -0.4 is 0 Å². The quantitative estimate of drug-likeness (QED) is 0.477. The Hall–Kier alpha value is -0.271. The van der Waals surface area contributed by atoms with Crippen molar-refractivity contribution >= 4 is 0 Å². The standard InChI is InChI=1S/C5H8N2.Fe/c1-6-3-4-7(2)5-6;/h3-4H,1-2H3;. The molecule has 0 spiro atoms. The minimum absolute atomic E-state index is 1.02. The van der Waals surface area contributed by atoms with Gasteiger partial charge in [-0.05, 0) is 0 Å². The van der Waals surface area contributed by atoms with Crippen molar-refractivity contribution in [1.29, 1.82) is 0 Å². The zero-order valence-electron chi connectivity index (χ0n) is 4.90. The molecule has 1 aromatic heterocycles. The van der Waals surface area contributed by atoms with Crippen LogP contribution in [0.4, 0.5) is 0 Å². The zero-order valence-corrected chi connectivity index (χ0v) is 6.01. The first kappa shape index (κ1) is 5.86. The van der Waals surface area contributed by atoms with Gasteiger partial charge < -0.3 is 0 Å². The summed E-state index contributed by atoms with van der Waals surface area (Å²) in [7, 11) is 3.95. The van der Waals surface area contributed by atoms with Crippen molar-refractivity contribution in [1.82, 2.24) is 9.13 Å². The van der Waals surface area contributed by atoms with Crippen molar-refractivity contribution in [2.24, 2.45) is 14.1 Å². The molecule has 0 aliphatic heterocycles. The van der Waals surface area contributed by atoms with E-state index in [1.807, 2.05) is 35.6 Å². The van der Waals surface area contributed by atoms with Gasteiger partial charge in [-0.1, -0.05) is 0 Å². The minimum atomic E-state index is 1.02. The Bertz CT molecular complexity index is 210. The average Bonchev–Trinajstić information content (AvgIpc) is 1.98. The van der Waals surface area contributed by atoms with Crippen LogP contribution in [0.5, 0.6) is 0 Å². The van der Waals surface area contributed by atoms with Gasteiger partial charge in [0.25, 0.3) is 0 Å². The molecule has 0 saturated heterocycles. The van der Waals surface area contributed by atoms with Gasteiger partial charge in [-0.15, -0.1) is 0 Å². The molecule has 1 rings (SSSR count). The molecule has 0 aliphatic carbocycles. The summed E-state index contributed by atoms with van der Waals surface area (Å²) in [6.07, 6.45) is 3.95. The van der Waals surface area contributed by atoms with Crippen LogP contribution >= 0.6 is 0 Å². The number of hydrogen-bond acceptors (Lipinski definition) is 0. The van der Waals surface area contributed by atoms with Gasteiger partial charge in [0.2, 0.25) is 0 Å². The van der Waals surface area contributed by atoms with Gasteiger partial charge in [-0.3, -0.25) is 0 Å². The maximum absolute atomic E-state index is 3.81. The summed E-state index contributed by atoms with van der Waals surface area (Å²) in [5.74, 6) is 0. The molecule has 2 nitrogen and oxygen atoms in total. The van der Waals surface area contributed by atoms with Crippen molar-refractivity contribution in [2.75, 3.05) is 0 Å². The van der Waals surface area contributed by atoms with E-state index in [-0.39, 0.29) is 0 Å². The van der Waals surface area contributed by atoms with Gasteiger partial charge in [0.05, 0.1) is 0 Å². The van der Waals surface area contributed by atoms with E-state index in [0.29, 0.717) is 0 Å². The Morgan fingerprint density at radius 3 is 1.75 bits per heavy atom. The SMILES string of the molecule is Cn1ccn(C)[c]1=[Fe]. The number of nitrogens with zero attached hydrogens (tertiary/aromatic N) is 2. The van der Waals surface area contributed by atoms with Crippen LogP contribution in [0.25, 0.3) is 0 Å². The fourth-order valence-corrected chi connectivity index (χ4v) is 0.733. The Kier molecular flexibility index (Phi) is 1.41. The molecule has 0 bridgehead atoms. The summed E-state index contributed by atoms with van der Waals surface area (Å²) < 4.78 is 4.96. The van der Waals surface area contributed by atoms with Gasteiger partial charge in [0.15, 0.2) is 0 Å². The second-order valence-electron chi connectivity index (χ2n) is 1.78. The fourth-order valence-electron chi connectivity index (χ4n) is 0.568. The number of rotatable bonds is 0. The normalized spacial score (nSPS) is 9.88. The first-order chi connectivity index (χ1) is 3.72. The van der Waals surface area contributed by atoms with Crippen LogP contribution in [0.2, 0.25) is 0 Å². The molecule has 46 valence electrons. The summed E-state index contributed by atoms with van der Waals surface area (Å²) in [5, 5.41) is 0. The summed E-state index contributed by atoms with van der Waals surface area (Å²) >= 11 is 3.81. The molecule has 0 unspecified atom stereocenters. The Morgan fingerprint density at radius 1 is 1.25 bits per heavy atom. The third-order valence-corrected chi connectivity index (χ3v) is 1.86. The van der Waals surface area contributed by atoms with Gasteiger partial charge in [-0.25, -0.2) is 0 Å². The third kappa shape index (κ3) is 0.791. The molecular weight excluding hydrogens is 144 g/mol. The fraction of sp³-hybridized carbons (Fsp3) is 0.400. The van der Waals surface area contributed by atoms with Crippen LogP contribution in [0.15, 0.2) is 12.4 Å². The van der Waals surface area contributed by atoms with Crippen LogP contribution in [0, 0.1) is 4.32 Å². The van der Waals surface area contributed by atoms with Gasteiger partial charge in [-0.2, -0.15) is 0 Å². The molecule has 8 heavy (non-hydrogen) atoms. The van der Waals surface area contributed by atoms with Crippen molar-refractivity contribution in [2.45, 2.75) is 0 Å². The van der Waals surface area contributed by atoms with E-state index in [2.05, 4.69) is 15.6 Å². The van der Waals surface area contributed by atoms with Gasteiger partial charge in [0, 0.05) is 0 Å². The Balaban J connectivity index is 3.42. The summed E-state index contributed by atoms with van der Waals surface area (Å²) in [4.78, 5) is 0. The van der Waals surface area contributed by atoms with Crippen LogP contribution in [0.3, 0.4) is 0 Å². The van der Waals surface area contributed by atoms with Crippen LogP contribution in [-0.2, 0) is 29.7 Å². The summed E-state index contributed by atoms with van der Waals surface area (Å²) in [6.45, 7) is 0.